The molecule has 2 heterocycles. The summed E-state index contributed by atoms with van der Waals surface area (Å²) in [7, 11) is 0. The van der Waals surface area contributed by atoms with Gasteiger partial charge in [0.2, 0.25) is 5.90 Å². The summed E-state index contributed by atoms with van der Waals surface area (Å²) in [4.78, 5) is 16.2. The number of hydrogen-bond acceptors (Lipinski definition) is 4. The van der Waals surface area contributed by atoms with Crippen molar-refractivity contribution in [3.05, 3.63) is 87.1 Å². The van der Waals surface area contributed by atoms with E-state index in [2.05, 4.69) is 27.6 Å². The van der Waals surface area contributed by atoms with Gasteiger partial charge in [-0.25, -0.2) is 14.2 Å². The molecule has 1 aromatic heterocycles. The van der Waals surface area contributed by atoms with E-state index in [0.717, 1.165) is 9.13 Å². The lowest BCUT2D eigenvalue weighted by Crippen LogP contribution is -2.05. The third-order valence-electron chi connectivity index (χ3n) is 3.75. The molecule has 4 rings (SSSR count). The fourth-order valence-corrected chi connectivity index (χ4v) is 2.82. The Morgan fingerprint density at radius 1 is 0.923 bits per heavy atom. The number of carbonyl (C=O) groups is 1. The van der Waals surface area contributed by atoms with Crippen LogP contribution < -0.4 is 0 Å². The number of aliphatic imine (C=N–C) groups is 1. The van der Waals surface area contributed by atoms with Crippen LogP contribution in [0.5, 0.6) is 0 Å². The molecule has 0 aliphatic carbocycles. The normalized spacial score (nSPS) is 15.2. The van der Waals surface area contributed by atoms with E-state index in [9.17, 15) is 9.18 Å². The molecule has 4 nitrogen and oxygen atoms in total. The maximum absolute atomic E-state index is 13.0. The number of esters is 1. The maximum atomic E-state index is 13.0. The highest BCUT2D eigenvalue weighted by Gasteiger charge is 2.24. The zero-order chi connectivity index (χ0) is 18.1. The predicted octanol–water partition coefficient (Wildman–Crippen LogP) is 5.03. The molecule has 2 aromatic carbocycles. The van der Waals surface area contributed by atoms with Crippen LogP contribution in [-0.4, -0.2) is 11.9 Å². The molecule has 0 saturated heterocycles. The van der Waals surface area contributed by atoms with Crippen molar-refractivity contribution in [1.82, 2.24) is 0 Å². The molecule has 3 aromatic rings. The highest BCUT2D eigenvalue weighted by molar-refractivity contribution is 14.1. The van der Waals surface area contributed by atoms with Crippen molar-refractivity contribution in [1.29, 1.82) is 0 Å². The molecule has 128 valence electrons. The summed E-state index contributed by atoms with van der Waals surface area (Å²) in [5.74, 6) is 0.396. The summed E-state index contributed by atoms with van der Waals surface area (Å²) in [6.45, 7) is 0. The maximum Gasteiger partial charge on any atom is 0.363 e. The molecule has 0 atom stereocenters. The zero-order valence-corrected chi connectivity index (χ0v) is 15.4. The lowest BCUT2D eigenvalue weighted by atomic mass is 10.2. The van der Waals surface area contributed by atoms with Gasteiger partial charge in [-0.3, -0.25) is 0 Å². The predicted molar refractivity (Wildman–Crippen MR) is 104 cm³/mol. The first kappa shape index (κ1) is 16.7. The fraction of sp³-hybridized carbons (Fsp3) is 0. The molecule has 0 N–H and O–H groups in total. The molecule has 26 heavy (non-hydrogen) atoms. The minimum atomic E-state index is -0.573. The number of benzene rings is 2. The van der Waals surface area contributed by atoms with Gasteiger partial charge >= 0.3 is 5.97 Å². The van der Waals surface area contributed by atoms with Gasteiger partial charge in [-0.1, -0.05) is 12.1 Å². The first-order valence-electron chi connectivity index (χ1n) is 7.73. The van der Waals surface area contributed by atoms with Gasteiger partial charge in [0, 0.05) is 20.8 Å². The largest absolute Gasteiger partial charge is 0.457 e. The van der Waals surface area contributed by atoms with Gasteiger partial charge in [0.1, 0.15) is 17.3 Å². The van der Waals surface area contributed by atoms with Gasteiger partial charge in [0.05, 0.1) is 0 Å². The number of hydrogen-bond donors (Lipinski definition) is 0. The van der Waals surface area contributed by atoms with E-state index in [1.807, 2.05) is 30.3 Å². The number of carbonyl (C=O) groups excluding carboxylic acids is 1. The molecular formula is C20H11FINO3. The minimum absolute atomic E-state index is 0.132. The molecule has 0 bridgehead atoms. The smallest absolute Gasteiger partial charge is 0.363 e. The third-order valence-corrected chi connectivity index (χ3v) is 4.47. The van der Waals surface area contributed by atoms with Gasteiger partial charge in [0.25, 0.3) is 0 Å². The van der Waals surface area contributed by atoms with E-state index < -0.39 is 5.97 Å². The molecule has 0 radical (unpaired) electrons. The summed E-state index contributed by atoms with van der Waals surface area (Å²) < 4.78 is 25.1. The SMILES string of the molecule is O=C1OC(c2ccc(F)cc2)=NC1=Cc1ccc(-c2ccc(I)cc2)o1. The van der Waals surface area contributed by atoms with Crippen LogP contribution in [-0.2, 0) is 9.53 Å². The van der Waals surface area contributed by atoms with Gasteiger partial charge in [-0.2, -0.15) is 0 Å². The van der Waals surface area contributed by atoms with E-state index in [4.69, 9.17) is 9.15 Å². The molecule has 6 heteroatoms. The number of rotatable bonds is 3. The Hall–Kier alpha value is -2.74. The standard InChI is InChI=1S/C20H11FINO3/c21-14-5-1-13(2-6-14)19-23-17(20(24)26-19)11-16-9-10-18(25-16)12-3-7-15(22)8-4-12/h1-11H. The third kappa shape index (κ3) is 3.45. The number of nitrogens with zero attached hydrogens (tertiary/aromatic N) is 1. The second-order valence-corrected chi connectivity index (χ2v) is 6.80. The average molecular weight is 459 g/mol. The summed E-state index contributed by atoms with van der Waals surface area (Å²) in [6, 6.07) is 17.1. The Morgan fingerprint density at radius 3 is 2.35 bits per heavy atom. The summed E-state index contributed by atoms with van der Waals surface area (Å²) in [5.41, 5.74) is 1.61. The van der Waals surface area contributed by atoms with Crippen molar-refractivity contribution in [2.75, 3.05) is 0 Å². The van der Waals surface area contributed by atoms with Crippen molar-refractivity contribution in [3.63, 3.8) is 0 Å². The Balaban J connectivity index is 1.61. The molecule has 0 unspecified atom stereocenters. The summed E-state index contributed by atoms with van der Waals surface area (Å²) in [5, 5.41) is 0. The lowest BCUT2D eigenvalue weighted by Gasteiger charge is -1.98. The van der Waals surface area contributed by atoms with Crippen molar-refractivity contribution in [2.45, 2.75) is 0 Å². The van der Waals surface area contributed by atoms with E-state index in [-0.39, 0.29) is 17.4 Å². The number of halogens is 2. The van der Waals surface area contributed by atoms with Gasteiger partial charge in [0.15, 0.2) is 5.70 Å². The van der Waals surface area contributed by atoms with Crippen LogP contribution >= 0.6 is 22.6 Å². The van der Waals surface area contributed by atoms with Crippen molar-refractivity contribution in [3.8, 4) is 11.3 Å². The Morgan fingerprint density at radius 2 is 1.62 bits per heavy atom. The highest BCUT2D eigenvalue weighted by Crippen LogP contribution is 2.26. The molecule has 0 amide bonds. The first-order valence-corrected chi connectivity index (χ1v) is 8.81. The topological polar surface area (TPSA) is 51.8 Å². The molecule has 0 saturated carbocycles. The van der Waals surface area contributed by atoms with Gasteiger partial charge in [-0.05, 0) is 71.1 Å². The minimum Gasteiger partial charge on any atom is -0.457 e. The van der Waals surface area contributed by atoms with Crippen LogP contribution in [0.2, 0.25) is 0 Å². The number of ether oxygens (including phenoxy) is 1. The lowest BCUT2D eigenvalue weighted by molar-refractivity contribution is -0.129. The van der Waals surface area contributed by atoms with Crippen LogP contribution in [0.1, 0.15) is 11.3 Å². The van der Waals surface area contributed by atoms with Crippen LogP contribution in [0.25, 0.3) is 17.4 Å². The van der Waals surface area contributed by atoms with Crippen LogP contribution in [0.4, 0.5) is 4.39 Å². The summed E-state index contributed by atoms with van der Waals surface area (Å²) in [6.07, 6.45) is 1.52. The fourth-order valence-electron chi connectivity index (χ4n) is 2.46. The first-order chi connectivity index (χ1) is 12.6. The Bertz CT molecular complexity index is 1030. The van der Waals surface area contributed by atoms with E-state index in [0.29, 0.717) is 17.1 Å². The molecule has 0 spiro atoms. The zero-order valence-electron chi connectivity index (χ0n) is 13.3. The Kier molecular flexibility index (Phi) is 4.42. The van der Waals surface area contributed by atoms with Crippen LogP contribution in [0, 0.1) is 9.39 Å². The van der Waals surface area contributed by atoms with E-state index in [1.165, 1.54) is 30.3 Å². The van der Waals surface area contributed by atoms with Crippen molar-refractivity contribution < 1.29 is 18.3 Å². The van der Waals surface area contributed by atoms with E-state index >= 15 is 0 Å². The number of furan rings is 1. The summed E-state index contributed by atoms with van der Waals surface area (Å²) >= 11 is 2.24. The van der Waals surface area contributed by atoms with E-state index in [1.54, 1.807) is 6.07 Å². The molecule has 1 aliphatic heterocycles. The monoisotopic (exact) mass is 459 g/mol. The molecular weight excluding hydrogens is 448 g/mol. The average Bonchev–Trinajstić information content (AvgIpc) is 3.24. The number of cyclic esters (lactones) is 1. The molecule has 0 fully saturated rings. The quantitative estimate of drug-likeness (QED) is 0.314. The highest BCUT2D eigenvalue weighted by atomic mass is 127. The van der Waals surface area contributed by atoms with Crippen molar-refractivity contribution >= 4 is 40.5 Å². The molecule has 1 aliphatic rings. The van der Waals surface area contributed by atoms with Gasteiger partial charge in [-0.15, -0.1) is 0 Å². The van der Waals surface area contributed by atoms with Crippen molar-refractivity contribution in [2.24, 2.45) is 4.99 Å². The van der Waals surface area contributed by atoms with Gasteiger partial charge < -0.3 is 9.15 Å². The van der Waals surface area contributed by atoms with Crippen LogP contribution in [0.3, 0.4) is 0 Å². The van der Waals surface area contributed by atoms with Crippen LogP contribution in [0.15, 0.2) is 75.8 Å². The second kappa shape index (κ2) is 6.87. The second-order valence-electron chi connectivity index (χ2n) is 5.55. The Labute approximate surface area is 162 Å².